The molecule has 0 fully saturated rings. The van der Waals surface area contributed by atoms with E-state index in [9.17, 15) is 9.18 Å². The van der Waals surface area contributed by atoms with E-state index in [0.717, 1.165) is 17.7 Å². The van der Waals surface area contributed by atoms with Crippen LogP contribution in [0.15, 0.2) is 73.7 Å². The number of amides is 1. The molecule has 0 atom stereocenters. The molecule has 0 radical (unpaired) electrons. The Morgan fingerprint density at radius 3 is 2.85 bits per heavy atom. The van der Waals surface area contributed by atoms with Crippen molar-refractivity contribution >= 4 is 28.9 Å². The van der Waals surface area contributed by atoms with Crippen LogP contribution in [0.2, 0.25) is 0 Å². The van der Waals surface area contributed by atoms with Crippen LogP contribution in [0.4, 0.5) is 21.7 Å². The molecule has 9 heteroatoms. The molecule has 0 saturated carbocycles. The van der Waals surface area contributed by atoms with Gasteiger partial charge in [-0.25, -0.2) is 9.37 Å². The first-order valence-electron chi connectivity index (χ1n) is 10.6. The van der Waals surface area contributed by atoms with Gasteiger partial charge in [-0.05, 0) is 62.1 Å². The van der Waals surface area contributed by atoms with Crippen LogP contribution in [0.25, 0.3) is 16.8 Å². The van der Waals surface area contributed by atoms with Gasteiger partial charge in [0.1, 0.15) is 30.1 Å². The van der Waals surface area contributed by atoms with Crippen LogP contribution >= 0.6 is 0 Å². The second kappa shape index (κ2) is 10.1. The summed E-state index contributed by atoms with van der Waals surface area (Å²) in [6, 6.07) is 13.6. The van der Waals surface area contributed by atoms with Crippen molar-refractivity contribution in [3.8, 4) is 16.9 Å². The molecule has 0 bridgehead atoms. The second-order valence-electron chi connectivity index (χ2n) is 7.83. The minimum atomic E-state index is -0.347. The van der Waals surface area contributed by atoms with E-state index in [2.05, 4.69) is 27.2 Å². The number of halogens is 1. The summed E-state index contributed by atoms with van der Waals surface area (Å²) in [7, 11) is 3.91. The summed E-state index contributed by atoms with van der Waals surface area (Å²) >= 11 is 0. The van der Waals surface area contributed by atoms with Crippen LogP contribution in [0.1, 0.15) is 0 Å². The van der Waals surface area contributed by atoms with Gasteiger partial charge < -0.3 is 20.3 Å². The number of carbonyl (C=O) groups is 1. The number of carbonyl (C=O) groups excluding carboxylic acids is 1. The average Bonchev–Trinajstić information content (AvgIpc) is 3.23. The van der Waals surface area contributed by atoms with Crippen LogP contribution < -0.4 is 15.4 Å². The Morgan fingerprint density at radius 1 is 1.24 bits per heavy atom. The van der Waals surface area contributed by atoms with Crippen LogP contribution in [0.5, 0.6) is 5.75 Å². The van der Waals surface area contributed by atoms with Crippen LogP contribution in [-0.2, 0) is 4.79 Å². The lowest BCUT2D eigenvalue weighted by molar-refractivity contribution is -0.111. The van der Waals surface area contributed by atoms with Gasteiger partial charge in [-0.2, -0.15) is 4.98 Å². The molecule has 0 aliphatic rings. The van der Waals surface area contributed by atoms with E-state index in [0.29, 0.717) is 35.3 Å². The molecule has 4 aromatic rings. The van der Waals surface area contributed by atoms with Gasteiger partial charge in [-0.3, -0.25) is 9.20 Å². The molecule has 2 heterocycles. The summed E-state index contributed by atoms with van der Waals surface area (Å²) in [4.78, 5) is 22.9. The van der Waals surface area contributed by atoms with E-state index in [4.69, 9.17) is 4.74 Å². The van der Waals surface area contributed by atoms with Crippen molar-refractivity contribution in [2.24, 2.45) is 0 Å². The summed E-state index contributed by atoms with van der Waals surface area (Å²) in [5.74, 6) is 0.233. The highest BCUT2D eigenvalue weighted by molar-refractivity contribution is 6.00. The third-order valence-corrected chi connectivity index (χ3v) is 5.01. The lowest BCUT2D eigenvalue weighted by Crippen LogP contribution is -2.20. The highest BCUT2D eigenvalue weighted by atomic mass is 19.1. The number of nitrogens with one attached hydrogen (secondary N) is 2. The van der Waals surface area contributed by atoms with Crippen molar-refractivity contribution in [3.05, 3.63) is 79.5 Å². The van der Waals surface area contributed by atoms with Gasteiger partial charge in [-0.15, -0.1) is 0 Å². The Labute approximate surface area is 196 Å². The topological polar surface area (TPSA) is 83.8 Å². The maximum absolute atomic E-state index is 13.7. The van der Waals surface area contributed by atoms with Gasteiger partial charge in [0.15, 0.2) is 0 Å². The number of rotatable bonds is 9. The predicted octanol–water partition coefficient (Wildman–Crippen LogP) is 4.34. The number of hydrogen-bond acceptors (Lipinski definition) is 6. The highest BCUT2D eigenvalue weighted by Gasteiger charge is 2.12. The zero-order chi connectivity index (χ0) is 24.1. The fraction of sp³-hybridized carbons (Fsp3) is 0.160. The summed E-state index contributed by atoms with van der Waals surface area (Å²) in [5.41, 5.74) is 3.29. The fourth-order valence-electron chi connectivity index (χ4n) is 3.32. The summed E-state index contributed by atoms with van der Waals surface area (Å²) < 4.78 is 21.3. The van der Waals surface area contributed by atoms with E-state index in [1.807, 2.05) is 43.4 Å². The summed E-state index contributed by atoms with van der Waals surface area (Å²) in [6.45, 7) is 4.70. The van der Waals surface area contributed by atoms with Gasteiger partial charge in [0, 0.05) is 24.0 Å². The molecule has 34 heavy (non-hydrogen) atoms. The van der Waals surface area contributed by atoms with Crippen molar-refractivity contribution in [2.45, 2.75) is 0 Å². The van der Waals surface area contributed by atoms with Crippen molar-refractivity contribution in [2.75, 3.05) is 37.9 Å². The zero-order valence-corrected chi connectivity index (χ0v) is 19.0. The molecule has 2 N–H and O–H groups in total. The molecule has 8 nitrogen and oxygen atoms in total. The number of aromatic nitrogens is 3. The van der Waals surface area contributed by atoms with Gasteiger partial charge >= 0.3 is 0 Å². The SMILES string of the molecule is C=CC(=O)Nc1cc(Nc2ncn3ccc(-c4cccc(F)c4)c3n2)ccc1OCCN(C)C. The van der Waals surface area contributed by atoms with Crippen molar-refractivity contribution in [1.82, 2.24) is 19.3 Å². The molecular formula is C25H25FN6O2. The molecule has 4 rings (SSSR count). The van der Waals surface area contributed by atoms with Crippen molar-refractivity contribution in [1.29, 1.82) is 0 Å². The first-order chi connectivity index (χ1) is 16.4. The standard InChI is InChI=1S/C25H25FN6O2/c1-4-23(33)29-21-15-19(8-9-22(21)34-13-12-31(2)3)28-25-27-16-32-11-10-20(24(32)30-25)17-6-5-7-18(26)14-17/h4-11,14-16H,1,12-13H2,2-3H3,(H,28,30)(H,29,33). The Balaban J connectivity index is 1.61. The molecular weight excluding hydrogens is 435 g/mol. The number of fused-ring (bicyclic) bond motifs is 1. The normalized spacial score (nSPS) is 10.9. The molecule has 1 amide bonds. The minimum Gasteiger partial charge on any atom is -0.490 e. The maximum Gasteiger partial charge on any atom is 0.247 e. The van der Waals surface area contributed by atoms with E-state index in [1.165, 1.54) is 18.2 Å². The Hall–Kier alpha value is -4.24. The average molecular weight is 461 g/mol. The van der Waals surface area contributed by atoms with Crippen molar-refractivity contribution < 1.29 is 13.9 Å². The highest BCUT2D eigenvalue weighted by Crippen LogP contribution is 2.30. The molecule has 0 aliphatic carbocycles. The number of hydrogen-bond donors (Lipinski definition) is 2. The Bertz CT molecular complexity index is 1330. The number of anilines is 3. The van der Waals surface area contributed by atoms with E-state index in [1.54, 1.807) is 28.9 Å². The zero-order valence-electron chi connectivity index (χ0n) is 19.0. The summed E-state index contributed by atoms with van der Waals surface area (Å²) in [6.07, 6.45) is 4.65. The molecule has 0 saturated heterocycles. The van der Waals surface area contributed by atoms with Gasteiger partial charge in [0.25, 0.3) is 0 Å². The third-order valence-electron chi connectivity index (χ3n) is 5.01. The minimum absolute atomic E-state index is 0.314. The molecule has 0 unspecified atom stereocenters. The molecule has 0 aliphatic heterocycles. The van der Waals surface area contributed by atoms with Crippen LogP contribution in [0.3, 0.4) is 0 Å². The molecule has 2 aromatic heterocycles. The predicted molar refractivity (Wildman–Crippen MR) is 131 cm³/mol. The smallest absolute Gasteiger partial charge is 0.247 e. The largest absolute Gasteiger partial charge is 0.490 e. The maximum atomic E-state index is 13.7. The van der Waals surface area contributed by atoms with Crippen molar-refractivity contribution in [3.63, 3.8) is 0 Å². The number of benzene rings is 2. The molecule has 174 valence electrons. The molecule has 0 spiro atoms. The van der Waals surface area contributed by atoms with E-state index in [-0.39, 0.29) is 11.7 Å². The fourth-order valence-corrected chi connectivity index (χ4v) is 3.32. The first-order valence-corrected chi connectivity index (χ1v) is 10.6. The van der Waals surface area contributed by atoms with Crippen LogP contribution in [0, 0.1) is 5.82 Å². The lowest BCUT2D eigenvalue weighted by Gasteiger charge is -2.15. The lowest BCUT2D eigenvalue weighted by atomic mass is 10.1. The Morgan fingerprint density at radius 2 is 2.09 bits per heavy atom. The monoisotopic (exact) mass is 460 g/mol. The second-order valence-corrected chi connectivity index (χ2v) is 7.83. The third kappa shape index (κ3) is 5.38. The number of nitrogens with zero attached hydrogens (tertiary/aromatic N) is 4. The van der Waals surface area contributed by atoms with Gasteiger partial charge in [0.05, 0.1) is 5.69 Å². The van der Waals surface area contributed by atoms with E-state index < -0.39 is 0 Å². The number of ether oxygens (including phenoxy) is 1. The van der Waals surface area contributed by atoms with Gasteiger partial charge in [-0.1, -0.05) is 18.7 Å². The number of likely N-dealkylation sites (N-methyl/N-ethyl adjacent to an activating group) is 1. The molecule has 2 aromatic carbocycles. The quantitative estimate of drug-likeness (QED) is 0.362. The Kier molecular flexibility index (Phi) is 6.84. The van der Waals surface area contributed by atoms with Crippen LogP contribution in [-0.4, -0.2) is 52.4 Å². The first kappa shape index (κ1) is 22.9. The van der Waals surface area contributed by atoms with E-state index >= 15 is 0 Å². The summed E-state index contributed by atoms with van der Waals surface area (Å²) in [5, 5.41) is 5.93. The van der Waals surface area contributed by atoms with Gasteiger partial charge in [0.2, 0.25) is 11.9 Å².